The van der Waals surface area contributed by atoms with Crippen LogP contribution in [-0.2, 0) is 0 Å². The predicted molar refractivity (Wildman–Crippen MR) is 65.9 cm³/mol. The lowest BCUT2D eigenvalue weighted by atomic mass is 9.92. The number of fused-ring (bicyclic) bond motifs is 1. The van der Waals surface area contributed by atoms with Gasteiger partial charge in [0.25, 0.3) is 0 Å². The van der Waals surface area contributed by atoms with E-state index in [0.29, 0.717) is 5.92 Å². The average Bonchev–Trinajstić information content (AvgIpc) is 2.76. The second-order valence-electron chi connectivity index (χ2n) is 4.64. The molecule has 0 amide bonds. The van der Waals surface area contributed by atoms with Crippen LogP contribution in [0.4, 0.5) is 0 Å². The smallest absolute Gasteiger partial charge is 0.212 e. The Morgan fingerprint density at radius 2 is 1.88 bits per heavy atom. The standard InChI is InChI=1S/C12H17N3S/c1-2-4-6-10(7-5-3-1)11-14-15-9-8-13-12(15)16-11/h8-10H,1-7H2. The summed E-state index contributed by atoms with van der Waals surface area (Å²) in [7, 11) is 0. The number of aromatic nitrogens is 3. The molecule has 0 atom stereocenters. The monoisotopic (exact) mass is 235 g/mol. The largest absolute Gasteiger partial charge is 0.226 e. The Morgan fingerprint density at radius 3 is 2.62 bits per heavy atom. The number of nitrogens with zero attached hydrogens (tertiary/aromatic N) is 3. The van der Waals surface area contributed by atoms with Crippen LogP contribution in [0.5, 0.6) is 0 Å². The maximum absolute atomic E-state index is 4.64. The van der Waals surface area contributed by atoms with Crippen LogP contribution in [0.25, 0.3) is 4.96 Å². The van der Waals surface area contributed by atoms with Crippen molar-refractivity contribution < 1.29 is 0 Å². The van der Waals surface area contributed by atoms with Gasteiger partial charge in [-0.3, -0.25) is 0 Å². The molecule has 16 heavy (non-hydrogen) atoms. The fourth-order valence-electron chi connectivity index (χ4n) is 2.52. The molecule has 2 aromatic heterocycles. The van der Waals surface area contributed by atoms with Crippen molar-refractivity contribution in [2.75, 3.05) is 0 Å². The highest BCUT2D eigenvalue weighted by Gasteiger charge is 2.18. The molecule has 0 bridgehead atoms. The molecule has 1 aliphatic carbocycles. The van der Waals surface area contributed by atoms with E-state index in [1.165, 1.54) is 50.0 Å². The molecule has 0 unspecified atom stereocenters. The van der Waals surface area contributed by atoms with Gasteiger partial charge >= 0.3 is 0 Å². The van der Waals surface area contributed by atoms with E-state index in [4.69, 9.17) is 0 Å². The van der Waals surface area contributed by atoms with E-state index in [9.17, 15) is 0 Å². The second kappa shape index (κ2) is 4.53. The molecule has 86 valence electrons. The normalized spacial score (nSPS) is 19.8. The first kappa shape index (κ1) is 10.3. The van der Waals surface area contributed by atoms with Gasteiger partial charge in [0.1, 0.15) is 5.01 Å². The molecule has 0 saturated heterocycles. The molecule has 2 aromatic rings. The Balaban J connectivity index is 1.81. The van der Waals surface area contributed by atoms with Gasteiger partial charge in [0.2, 0.25) is 4.96 Å². The molecule has 0 spiro atoms. The summed E-state index contributed by atoms with van der Waals surface area (Å²) in [4.78, 5) is 5.33. The minimum absolute atomic E-state index is 0.687. The van der Waals surface area contributed by atoms with Crippen LogP contribution in [0.15, 0.2) is 12.4 Å². The maximum atomic E-state index is 4.64. The Morgan fingerprint density at radius 1 is 1.12 bits per heavy atom. The third-order valence-corrected chi connectivity index (χ3v) is 4.54. The number of rotatable bonds is 1. The Hall–Kier alpha value is -0.900. The van der Waals surface area contributed by atoms with Crippen LogP contribution in [0.3, 0.4) is 0 Å². The van der Waals surface area contributed by atoms with Gasteiger partial charge < -0.3 is 0 Å². The van der Waals surface area contributed by atoms with E-state index in [-0.39, 0.29) is 0 Å². The van der Waals surface area contributed by atoms with Crippen LogP contribution in [0.2, 0.25) is 0 Å². The fraction of sp³-hybridized carbons (Fsp3) is 0.667. The van der Waals surface area contributed by atoms with E-state index < -0.39 is 0 Å². The van der Waals surface area contributed by atoms with E-state index in [2.05, 4.69) is 10.1 Å². The summed E-state index contributed by atoms with van der Waals surface area (Å²) in [6.07, 6.45) is 13.4. The minimum Gasteiger partial charge on any atom is -0.226 e. The first-order valence-corrected chi connectivity index (χ1v) is 7.05. The van der Waals surface area contributed by atoms with Crippen LogP contribution in [0.1, 0.15) is 55.9 Å². The molecule has 0 aliphatic heterocycles. The molecule has 1 aliphatic rings. The highest BCUT2D eigenvalue weighted by molar-refractivity contribution is 7.16. The van der Waals surface area contributed by atoms with E-state index >= 15 is 0 Å². The van der Waals surface area contributed by atoms with Crippen LogP contribution in [0, 0.1) is 0 Å². The summed E-state index contributed by atoms with van der Waals surface area (Å²) in [6.45, 7) is 0. The van der Waals surface area contributed by atoms with Gasteiger partial charge in [-0.1, -0.05) is 43.4 Å². The molecular formula is C12H17N3S. The number of hydrogen-bond donors (Lipinski definition) is 0. The molecule has 3 rings (SSSR count). The van der Waals surface area contributed by atoms with Gasteiger partial charge in [-0.2, -0.15) is 5.10 Å². The van der Waals surface area contributed by atoms with Crippen molar-refractivity contribution in [3.8, 4) is 0 Å². The van der Waals surface area contributed by atoms with Crippen molar-refractivity contribution in [3.63, 3.8) is 0 Å². The quantitative estimate of drug-likeness (QED) is 0.755. The second-order valence-corrected chi connectivity index (χ2v) is 5.62. The summed E-state index contributed by atoms with van der Waals surface area (Å²) in [5.41, 5.74) is 0. The van der Waals surface area contributed by atoms with E-state index in [1.54, 1.807) is 11.3 Å². The van der Waals surface area contributed by atoms with Gasteiger partial charge in [0, 0.05) is 12.1 Å². The topological polar surface area (TPSA) is 30.2 Å². The summed E-state index contributed by atoms with van der Waals surface area (Å²) < 4.78 is 1.92. The van der Waals surface area contributed by atoms with Crippen molar-refractivity contribution in [2.45, 2.75) is 50.9 Å². The molecule has 4 heteroatoms. The molecule has 0 aromatic carbocycles. The number of hydrogen-bond acceptors (Lipinski definition) is 3. The van der Waals surface area contributed by atoms with Gasteiger partial charge in [0.15, 0.2) is 0 Å². The Kier molecular flexibility index (Phi) is 2.91. The van der Waals surface area contributed by atoms with Crippen molar-refractivity contribution in [2.24, 2.45) is 0 Å². The van der Waals surface area contributed by atoms with E-state index in [1.807, 2.05) is 16.9 Å². The van der Waals surface area contributed by atoms with Crippen molar-refractivity contribution >= 4 is 16.3 Å². The molecule has 0 radical (unpaired) electrons. The fourth-order valence-corrected chi connectivity index (χ4v) is 3.55. The van der Waals surface area contributed by atoms with Crippen LogP contribution in [-0.4, -0.2) is 14.6 Å². The van der Waals surface area contributed by atoms with Crippen LogP contribution < -0.4 is 0 Å². The van der Waals surface area contributed by atoms with Crippen molar-refractivity contribution in [3.05, 3.63) is 17.4 Å². The van der Waals surface area contributed by atoms with Gasteiger partial charge in [-0.25, -0.2) is 9.50 Å². The number of imidazole rings is 1. The summed E-state index contributed by atoms with van der Waals surface area (Å²) in [5, 5.41) is 5.94. The highest BCUT2D eigenvalue weighted by Crippen LogP contribution is 2.32. The molecule has 1 saturated carbocycles. The molecule has 1 fully saturated rings. The van der Waals surface area contributed by atoms with Gasteiger partial charge in [0.05, 0.1) is 6.20 Å². The Bertz CT molecular complexity index is 423. The summed E-state index contributed by atoms with van der Waals surface area (Å²) >= 11 is 1.77. The third kappa shape index (κ3) is 1.98. The average molecular weight is 235 g/mol. The lowest BCUT2D eigenvalue weighted by Gasteiger charge is -2.16. The highest BCUT2D eigenvalue weighted by atomic mass is 32.1. The van der Waals surface area contributed by atoms with Gasteiger partial charge in [-0.15, -0.1) is 0 Å². The molecule has 3 nitrogen and oxygen atoms in total. The zero-order valence-electron chi connectivity index (χ0n) is 9.43. The first-order chi connectivity index (χ1) is 7.93. The summed E-state index contributed by atoms with van der Waals surface area (Å²) in [5.74, 6) is 0.687. The molecule has 0 N–H and O–H groups in total. The minimum atomic E-state index is 0.687. The first-order valence-electron chi connectivity index (χ1n) is 6.23. The zero-order valence-corrected chi connectivity index (χ0v) is 10.2. The van der Waals surface area contributed by atoms with Crippen molar-refractivity contribution in [1.29, 1.82) is 0 Å². The lowest BCUT2D eigenvalue weighted by Crippen LogP contribution is -2.02. The maximum Gasteiger partial charge on any atom is 0.212 e. The third-order valence-electron chi connectivity index (χ3n) is 3.45. The SMILES string of the molecule is c1cn2nc(C3CCCCCCC3)sc2n1. The Labute approximate surface area is 99.5 Å². The van der Waals surface area contributed by atoms with E-state index in [0.717, 1.165) is 4.96 Å². The van der Waals surface area contributed by atoms with Gasteiger partial charge in [-0.05, 0) is 12.8 Å². The molecule has 2 heterocycles. The zero-order chi connectivity index (χ0) is 10.8. The van der Waals surface area contributed by atoms with Crippen LogP contribution >= 0.6 is 11.3 Å². The predicted octanol–water partition coefficient (Wildman–Crippen LogP) is 3.62. The van der Waals surface area contributed by atoms with Crippen molar-refractivity contribution in [1.82, 2.24) is 14.6 Å². The summed E-state index contributed by atoms with van der Waals surface area (Å²) in [6, 6.07) is 0. The molecular weight excluding hydrogens is 218 g/mol. The lowest BCUT2D eigenvalue weighted by molar-refractivity contribution is 0.452.